The molecule has 0 amide bonds. The van der Waals surface area contributed by atoms with Crippen molar-refractivity contribution in [2.75, 3.05) is 0 Å². The van der Waals surface area contributed by atoms with Crippen molar-refractivity contribution in [1.29, 1.82) is 0 Å². The molecule has 1 aromatic heterocycles. The Morgan fingerprint density at radius 1 is 1.24 bits per heavy atom. The van der Waals surface area contributed by atoms with Gasteiger partial charge in [0.25, 0.3) is 5.56 Å². The zero-order valence-corrected chi connectivity index (χ0v) is 16.6. The molecule has 2 aliphatic heterocycles. The first-order chi connectivity index (χ1) is 13.9. The lowest BCUT2D eigenvalue weighted by molar-refractivity contribution is -0.132. The summed E-state index contributed by atoms with van der Waals surface area (Å²) in [5.74, 6) is 0.0540. The summed E-state index contributed by atoms with van der Waals surface area (Å²) < 4.78 is 8.21. The summed E-state index contributed by atoms with van der Waals surface area (Å²) in [4.78, 5) is 31.2. The van der Waals surface area contributed by atoms with Crippen LogP contribution >= 0.6 is 11.3 Å². The third-order valence-corrected chi connectivity index (χ3v) is 6.52. The molecule has 2 aliphatic rings. The number of fused-ring (bicyclic) bond motifs is 6. The van der Waals surface area contributed by atoms with Gasteiger partial charge in [-0.15, -0.1) is 0 Å². The molecule has 3 unspecified atom stereocenters. The van der Waals surface area contributed by atoms with E-state index in [4.69, 9.17) is 9.73 Å². The van der Waals surface area contributed by atoms with E-state index >= 15 is 0 Å². The molecule has 0 fully saturated rings. The number of benzene rings is 2. The predicted octanol–water partition coefficient (Wildman–Crippen LogP) is 1.98. The van der Waals surface area contributed by atoms with Crippen molar-refractivity contribution >= 4 is 23.2 Å². The highest BCUT2D eigenvalue weighted by atomic mass is 32.1. The number of hydrogen-bond acceptors (Lipinski definition) is 6. The number of Topliss-reactive ketones (excluding diaryl/α,β-unsaturated/α-hetero) is 1. The smallest absolute Gasteiger partial charge is 0.270 e. The van der Waals surface area contributed by atoms with Crippen molar-refractivity contribution in [3.05, 3.63) is 79.3 Å². The minimum absolute atomic E-state index is 0.0780. The van der Waals surface area contributed by atoms with Crippen molar-refractivity contribution in [3.8, 4) is 11.5 Å². The van der Waals surface area contributed by atoms with Gasteiger partial charge in [-0.2, -0.15) is 0 Å². The van der Waals surface area contributed by atoms with Crippen LogP contribution in [0.3, 0.4) is 0 Å². The van der Waals surface area contributed by atoms with Gasteiger partial charge in [-0.1, -0.05) is 47.7 Å². The van der Waals surface area contributed by atoms with E-state index in [0.29, 0.717) is 20.6 Å². The summed E-state index contributed by atoms with van der Waals surface area (Å²) >= 11 is 1.24. The average molecular weight is 406 g/mol. The fraction of sp³-hybridized carbons (Fsp3) is 0.227. The first-order valence-electron chi connectivity index (χ1n) is 9.28. The molecular weight excluding hydrogens is 388 g/mol. The summed E-state index contributed by atoms with van der Waals surface area (Å²) in [6.45, 7) is 3.31. The van der Waals surface area contributed by atoms with Crippen LogP contribution in [0.1, 0.15) is 31.0 Å². The van der Waals surface area contributed by atoms with Gasteiger partial charge < -0.3 is 9.84 Å². The number of ether oxygens (including phenoxy) is 1. The van der Waals surface area contributed by atoms with Crippen LogP contribution in [-0.4, -0.2) is 21.2 Å². The molecular formula is C22H18N2O4S. The van der Waals surface area contributed by atoms with Crippen molar-refractivity contribution in [2.45, 2.75) is 25.6 Å². The molecule has 6 nitrogen and oxygen atoms in total. The number of hydrogen-bond donors (Lipinski definition) is 1. The minimum Gasteiger partial charge on any atom is -0.507 e. The van der Waals surface area contributed by atoms with Crippen molar-refractivity contribution in [1.82, 2.24) is 4.57 Å². The number of phenols is 1. The molecule has 29 heavy (non-hydrogen) atoms. The lowest BCUT2D eigenvalue weighted by Gasteiger charge is -2.45. The fourth-order valence-electron chi connectivity index (χ4n) is 4.31. The summed E-state index contributed by atoms with van der Waals surface area (Å²) in [7, 11) is 0. The topological polar surface area (TPSA) is 80.9 Å². The second-order valence-electron chi connectivity index (χ2n) is 7.47. The van der Waals surface area contributed by atoms with E-state index in [1.807, 2.05) is 24.3 Å². The van der Waals surface area contributed by atoms with Crippen LogP contribution in [0.4, 0.5) is 0 Å². The number of carbonyl (C=O) groups is 1. The number of phenolic OH excluding ortho intramolecular Hbond substituents is 1. The van der Waals surface area contributed by atoms with Crippen molar-refractivity contribution in [2.24, 2.45) is 10.9 Å². The number of aromatic hydroxyl groups is 1. The van der Waals surface area contributed by atoms with E-state index in [-0.39, 0.29) is 17.1 Å². The summed E-state index contributed by atoms with van der Waals surface area (Å²) in [6.07, 6.45) is 1.66. The van der Waals surface area contributed by atoms with Gasteiger partial charge in [-0.25, -0.2) is 4.99 Å². The van der Waals surface area contributed by atoms with Gasteiger partial charge >= 0.3 is 0 Å². The first-order valence-corrected chi connectivity index (χ1v) is 10.1. The number of ketones is 1. The molecule has 3 heterocycles. The normalized spacial score (nSPS) is 24.8. The Bertz CT molecular complexity index is 1340. The molecule has 0 radical (unpaired) electrons. The highest BCUT2D eigenvalue weighted by Gasteiger charge is 2.53. The van der Waals surface area contributed by atoms with Gasteiger partial charge in [0.1, 0.15) is 23.2 Å². The third kappa shape index (κ3) is 2.57. The molecule has 0 saturated carbocycles. The van der Waals surface area contributed by atoms with Gasteiger partial charge in [0.15, 0.2) is 4.80 Å². The Labute approximate surface area is 170 Å². The highest BCUT2D eigenvalue weighted by Crippen LogP contribution is 2.47. The molecule has 0 spiro atoms. The second kappa shape index (κ2) is 6.15. The van der Waals surface area contributed by atoms with Crippen LogP contribution < -0.4 is 19.6 Å². The van der Waals surface area contributed by atoms with Crippen LogP contribution in [-0.2, 0) is 4.79 Å². The monoisotopic (exact) mass is 406 g/mol. The average Bonchev–Trinajstić information content (AvgIpc) is 2.96. The van der Waals surface area contributed by atoms with E-state index in [1.54, 1.807) is 41.8 Å². The first kappa shape index (κ1) is 17.9. The SMILES string of the molecule is CC(=O)C1C2c3ccccc3OC1(C)N=c1s/c(=C\c3ccccc3O)c(=O)n12. The minimum atomic E-state index is -1.08. The van der Waals surface area contributed by atoms with Crippen LogP contribution in [0.25, 0.3) is 6.08 Å². The molecule has 146 valence electrons. The maximum atomic E-state index is 13.4. The van der Waals surface area contributed by atoms with E-state index < -0.39 is 17.7 Å². The molecule has 0 saturated heterocycles. The number of carbonyl (C=O) groups excluding carboxylic acids is 1. The highest BCUT2D eigenvalue weighted by molar-refractivity contribution is 7.07. The molecule has 3 aromatic rings. The van der Waals surface area contributed by atoms with E-state index in [9.17, 15) is 14.7 Å². The Morgan fingerprint density at radius 3 is 2.72 bits per heavy atom. The molecule has 2 bridgehead atoms. The molecule has 3 atom stereocenters. The Morgan fingerprint density at radius 2 is 1.97 bits per heavy atom. The molecule has 7 heteroatoms. The van der Waals surface area contributed by atoms with Gasteiger partial charge in [-0.05, 0) is 32.1 Å². The number of rotatable bonds is 2. The van der Waals surface area contributed by atoms with Gasteiger partial charge in [0.2, 0.25) is 5.72 Å². The summed E-state index contributed by atoms with van der Waals surface area (Å²) in [5.41, 5.74) is 0.0500. The second-order valence-corrected chi connectivity index (χ2v) is 8.48. The molecule has 5 rings (SSSR count). The molecule has 1 N–H and O–H groups in total. The van der Waals surface area contributed by atoms with Gasteiger partial charge in [-0.3, -0.25) is 14.2 Å². The fourth-order valence-corrected chi connectivity index (χ4v) is 5.40. The Kier molecular flexibility index (Phi) is 3.79. The quantitative estimate of drug-likeness (QED) is 0.706. The number of para-hydroxylation sites is 2. The van der Waals surface area contributed by atoms with E-state index in [0.717, 1.165) is 5.56 Å². The van der Waals surface area contributed by atoms with Crippen LogP contribution in [0.15, 0.2) is 58.3 Å². The lowest BCUT2D eigenvalue weighted by Crippen LogP contribution is -2.58. The van der Waals surface area contributed by atoms with Crippen molar-refractivity contribution < 1.29 is 14.6 Å². The van der Waals surface area contributed by atoms with Crippen molar-refractivity contribution in [3.63, 3.8) is 0 Å². The molecule has 0 aliphatic carbocycles. The van der Waals surface area contributed by atoms with Crippen LogP contribution in [0.2, 0.25) is 0 Å². The Hall–Kier alpha value is -3.19. The lowest BCUT2D eigenvalue weighted by atomic mass is 9.79. The van der Waals surface area contributed by atoms with Gasteiger partial charge in [0.05, 0.1) is 10.6 Å². The maximum absolute atomic E-state index is 13.4. The Balaban J connectivity index is 1.83. The molecule has 2 aromatic carbocycles. The van der Waals surface area contributed by atoms with Crippen LogP contribution in [0.5, 0.6) is 11.5 Å². The third-order valence-electron chi connectivity index (χ3n) is 5.54. The zero-order chi connectivity index (χ0) is 20.3. The number of aromatic nitrogens is 1. The predicted molar refractivity (Wildman–Crippen MR) is 109 cm³/mol. The largest absolute Gasteiger partial charge is 0.507 e. The summed E-state index contributed by atoms with van der Waals surface area (Å²) in [6, 6.07) is 13.8. The van der Waals surface area contributed by atoms with Gasteiger partial charge in [0, 0.05) is 11.1 Å². The standard InChI is InChI=1S/C22H18N2O4S/c1-12(25)18-19-14-8-4-6-10-16(14)28-22(18,2)23-21-24(19)20(27)17(29-21)11-13-7-3-5-9-15(13)26/h3-11,18-19,26H,1-2H3/b17-11-. The van der Waals surface area contributed by atoms with E-state index in [1.165, 1.54) is 18.3 Å². The zero-order valence-electron chi connectivity index (χ0n) is 15.8. The number of thiazole rings is 1. The van der Waals surface area contributed by atoms with Crippen LogP contribution in [0, 0.1) is 5.92 Å². The maximum Gasteiger partial charge on any atom is 0.270 e. The van der Waals surface area contributed by atoms with E-state index in [2.05, 4.69) is 0 Å². The summed E-state index contributed by atoms with van der Waals surface area (Å²) in [5, 5.41) is 10.1. The number of nitrogens with zero attached hydrogens (tertiary/aromatic N) is 2.